The molecule has 0 saturated carbocycles. The van der Waals surface area contributed by atoms with Gasteiger partial charge in [0.15, 0.2) is 0 Å². The maximum Gasteiger partial charge on any atom is 0.319 e. The van der Waals surface area contributed by atoms with E-state index >= 15 is 0 Å². The van der Waals surface area contributed by atoms with Crippen molar-refractivity contribution in [2.24, 2.45) is 0 Å². The number of amides is 2. The molecule has 1 aliphatic rings. The van der Waals surface area contributed by atoms with Gasteiger partial charge in [-0.3, -0.25) is 0 Å². The summed E-state index contributed by atoms with van der Waals surface area (Å²) < 4.78 is 5.55. The quantitative estimate of drug-likeness (QED) is 0.792. The van der Waals surface area contributed by atoms with Crippen molar-refractivity contribution in [1.29, 1.82) is 0 Å². The minimum atomic E-state index is -0.546. The van der Waals surface area contributed by atoms with E-state index in [9.17, 15) is 9.90 Å². The van der Waals surface area contributed by atoms with Crippen LogP contribution in [0.5, 0.6) is 0 Å². The van der Waals surface area contributed by atoms with Gasteiger partial charge in [0.2, 0.25) is 0 Å². The van der Waals surface area contributed by atoms with Crippen LogP contribution in [0.25, 0.3) is 0 Å². The molecule has 0 bridgehead atoms. The van der Waals surface area contributed by atoms with Crippen LogP contribution in [0.1, 0.15) is 37.9 Å². The van der Waals surface area contributed by atoms with E-state index < -0.39 is 6.10 Å². The van der Waals surface area contributed by atoms with Crippen LogP contribution >= 0.6 is 0 Å². The van der Waals surface area contributed by atoms with Crippen molar-refractivity contribution >= 4 is 11.7 Å². The summed E-state index contributed by atoms with van der Waals surface area (Å²) in [5.41, 5.74) is 1.45. The molecule has 2 amide bonds. The molecule has 110 valence electrons. The number of carbonyl (C=O) groups is 1. The van der Waals surface area contributed by atoms with Crippen LogP contribution in [0.4, 0.5) is 10.5 Å². The fourth-order valence-corrected chi connectivity index (χ4v) is 2.23. The standard InChI is InChI=1S/C15H22N2O3/c1-11(18)12-5-4-6-13(9-12)17-15(19)16-10-14-7-2-3-8-20-14/h4-6,9,11,14,18H,2-3,7-8,10H2,1H3,(H2,16,17,19). The summed E-state index contributed by atoms with van der Waals surface area (Å²) in [5.74, 6) is 0. The van der Waals surface area contributed by atoms with Gasteiger partial charge in [-0.15, -0.1) is 0 Å². The zero-order valence-electron chi connectivity index (χ0n) is 11.8. The predicted molar refractivity (Wildman–Crippen MR) is 77.7 cm³/mol. The zero-order valence-corrected chi connectivity index (χ0v) is 11.8. The van der Waals surface area contributed by atoms with E-state index in [1.807, 2.05) is 12.1 Å². The molecule has 1 heterocycles. The predicted octanol–water partition coefficient (Wildman–Crippen LogP) is 2.43. The first-order valence-corrected chi connectivity index (χ1v) is 7.09. The second-order valence-corrected chi connectivity index (χ2v) is 5.13. The molecule has 0 aromatic heterocycles. The van der Waals surface area contributed by atoms with Crippen molar-refractivity contribution in [3.8, 4) is 0 Å². The van der Waals surface area contributed by atoms with Crippen LogP contribution in [0.3, 0.4) is 0 Å². The first-order chi connectivity index (χ1) is 9.65. The van der Waals surface area contributed by atoms with Crippen molar-refractivity contribution < 1.29 is 14.6 Å². The molecule has 2 atom stereocenters. The van der Waals surface area contributed by atoms with E-state index in [0.29, 0.717) is 12.2 Å². The number of carbonyl (C=O) groups excluding carboxylic acids is 1. The molecule has 0 radical (unpaired) electrons. The third-order valence-corrected chi connectivity index (χ3v) is 3.39. The lowest BCUT2D eigenvalue weighted by atomic mass is 10.1. The third-order valence-electron chi connectivity index (χ3n) is 3.39. The van der Waals surface area contributed by atoms with Gasteiger partial charge in [-0.05, 0) is 43.9 Å². The molecule has 20 heavy (non-hydrogen) atoms. The van der Waals surface area contributed by atoms with Gasteiger partial charge >= 0.3 is 6.03 Å². The third kappa shape index (κ3) is 4.51. The summed E-state index contributed by atoms with van der Waals surface area (Å²) in [6, 6.07) is 6.94. The number of aliphatic hydroxyl groups excluding tert-OH is 1. The van der Waals surface area contributed by atoms with Crippen molar-refractivity contribution in [1.82, 2.24) is 5.32 Å². The van der Waals surface area contributed by atoms with Gasteiger partial charge in [-0.1, -0.05) is 12.1 Å². The topological polar surface area (TPSA) is 70.6 Å². The molecular formula is C15H22N2O3. The fraction of sp³-hybridized carbons (Fsp3) is 0.533. The Kier molecular flexibility index (Phi) is 5.38. The average Bonchev–Trinajstić information content (AvgIpc) is 2.46. The highest BCUT2D eigenvalue weighted by atomic mass is 16.5. The minimum Gasteiger partial charge on any atom is -0.389 e. The lowest BCUT2D eigenvalue weighted by molar-refractivity contribution is 0.0187. The monoisotopic (exact) mass is 278 g/mol. The van der Waals surface area contributed by atoms with Crippen molar-refractivity contribution in [3.63, 3.8) is 0 Å². The Morgan fingerprint density at radius 2 is 2.35 bits per heavy atom. The van der Waals surface area contributed by atoms with Gasteiger partial charge < -0.3 is 20.5 Å². The van der Waals surface area contributed by atoms with Crippen LogP contribution in [0.2, 0.25) is 0 Å². The van der Waals surface area contributed by atoms with Gasteiger partial charge in [0.1, 0.15) is 0 Å². The molecule has 2 unspecified atom stereocenters. The Hall–Kier alpha value is -1.59. The summed E-state index contributed by atoms with van der Waals surface area (Å²) in [7, 11) is 0. The zero-order chi connectivity index (χ0) is 14.4. The maximum atomic E-state index is 11.8. The highest BCUT2D eigenvalue weighted by Gasteiger charge is 2.14. The number of hydrogen-bond donors (Lipinski definition) is 3. The van der Waals surface area contributed by atoms with Gasteiger partial charge in [-0.2, -0.15) is 0 Å². The number of rotatable bonds is 4. The second kappa shape index (κ2) is 7.26. The van der Waals surface area contributed by atoms with E-state index in [1.54, 1.807) is 19.1 Å². The molecule has 1 aromatic rings. The number of urea groups is 1. The van der Waals surface area contributed by atoms with Gasteiger partial charge in [0, 0.05) is 18.8 Å². The molecule has 5 heteroatoms. The lowest BCUT2D eigenvalue weighted by Gasteiger charge is -2.22. The molecular weight excluding hydrogens is 256 g/mol. The van der Waals surface area contributed by atoms with E-state index in [4.69, 9.17) is 4.74 Å². The molecule has 1 aliphatic heterocycles. The largest absolute Gasteiger partial charge is 0.389 e. The molecule has 2 rings (SSSR count). The van der Waals surface area contributed by atoms with Crippen molar-refractivity contribution in [2.45, 2.75) is 38.4 Å². The summed E-state index contributed by atoms with van der Waals surface area (Å²) in [6.07, 6.45) is 2.84. The summed E-state index contributed by atoms with van der Waals surface area (Å²) in [5, 5.41) is 15.1. The van der Waals surface area contributed by atoms with Crippen LogP contribution in [0, 0.1) is 0 Å². The van der Waals surface area contributed by atoms with Gasteiger partial charge in [0.25, 0.3) is 0 Å². The van der Waals surface area contributed by atoms with E-state index in [2.05, 4.69) is 10.6 Å². The molecule has 1 fully saturated rings. The van der Waals surface area contributed by atoms with Crippen LogP contribution in [0.15, 0.2) is 24.3 Å². The highest BCUT2D eigenvalue weighted by molar-refractivity contribution is 5.89. The van der Waals surface area contributed by atoms with Gasteiger partial charge in [0.05, 0.1) is 12.2 Å². The van der Waals surface area contributed by atoms with E-state index in [-0.39, 0.29) is 12.1 Å². The van der Waals surface area contributed by atoms with Crippen LogP contribution in [-0.2, 0) is 4.74 Å². The Morgan fingerprint density at radius 1 is 1.50 bits per heavy atom. The van der Waals surface area contributed by atoms with Crippen LogP contribution in [-0.4, -0.2) is 30.4 Å². The Labute approximate surface area is 119 Å². The minimum absolute atomic E-state index is 0.123. The number of benzene rings is 1. The second-order valence-electron chi connectivity index (χ2n) is 5.13. The summed E-state index contributed by atoms with van der Waals surface area (Å²) in [4.78, 5) is 11.8. The molecule has 1 aromatic carbocycles. The molecule has 1 saturated heterocycles. The molecule has 0 spiro atoms. The first kappa shape index (κ1) is 14.8. The summed E-state index contributed by atoms with van der Waals surface area (Å²) in [6.45, 7) is 3.01. The van der Waals surface area contributed by atoms with Gasteiger partial charge in [-0.25, -0.2) is 4.79 Å². The number of anilines is 1. The maximum absolute atomic E-state index is 11.8. The van der Waals surface area contributed by atoms with Crippen LogP contribution < -0.4 is 10.6 Å². The molecule has 5 nitrogen and oxygen atoms in total. The lowest BCUT2D eigenvalue weighted by Crippen LogP contribution is -2.37. The number of aliphatic hydroxyl groups is 1. The molecule has 0 aliphatic carbocycles. The van der Waals surface area contributed by atoms with Crippen molar-refractivity contribution in [2.75, 3.05) is 18.5 Å². The summed E-state index contributed by atoms with van der Waals surface area (Å²) >= 11 is 0. The Bertz CT molecular complexity index is 442. The van der Waals surface area contributed by atoms with E-state index in [0.717, 1.165) is 31.4 Å². The number of nitrogens with one attached hydrogen (secondary N) is 2. The smallest absolute Gasteiger partial charge is 0.319 e. The normalized spacial score (nSPS) is 20.2. The number of ether oxygens (including phenoxy) is 1. The number of hydrogen-bond acceptors (Lipinski definition) is 3. The van der Waals surface area contributed by atoms with E-state index in [1.165, 1.54) is 0 Å². The molecule has 3 N–H and O–H groups in total. The average molecular weight is 278 g/mol. The highest BCUT2D eigenvalue weighted by Crippen LogP contribution is 2.17. The first-order valence-electron chi connectivity index (χ1n) is 7.09. The Balaban J connectivity index is 1.80. The Morgan fingerprint density at radius 3 is 3.05 bits per heavy atom. The SMILES string of the molecule is CC(O)c1cccc(NC(=O)NCC2CCCCO2)c1. The fourth-order valence-electron chi connectivity index (χ4n) is 2.23. The van der Waals surface area contributed by atoms with Crippen molar-refractivity contribution in [3.05, 3.63) is 29.8 Å².